The summed E-state index contributed by atoms with van der Waals surface area (Å²) in [6.07, 6.45) is -1.66. The second-order valence-electron chi connectivity index (χ2n) is 6.55. The Morgan fingerprint density at radius 1 is 1.16 bits per heavy atom. The molecule has 0 saturated carbocycles. The molecular weight excluding hydrogens is 437 g/mol. The number of halogens is 5. The number of carbonyl (C=O) groups is 1. The van der Waals surface area contributed by atoms with Crippen LogP contribution < -0.4 is 14.8 Å². The van der Waals surface area contributed by atoms with E-state index in [0.717, 1.165) is 12.1 Å². The van der Waals surface area contributed by atoms with Gasteiger partial charge in [0.05, 0.1) is 30.6 Å². The molecule has 0 atom stereocenters. The Morgan fingerprint density at radius 2 is 1.94 bits per heavy atom. The number of benzene rings is 2. The van der Waals surface area contributed by atoms with Crippen LogP contribution in [0, 0.1) is 0 Å². The van der Waals surface area contributed by atoms with E-state index in [1.807, 2.05) is 0 Å². The lowest BCUT2D eigenvalue weighted by Gasteiger charge is -2.12. The van der Waals surface area contributed by atoms with Crippen LogP contribution in [0.1, 0.15) is 28.4 Å². The van der Waals surface area contributed by atoms with Crippen LogP contribution in [0.2, 0.25) is 0 Å². The van der Waals surface area contributed by atoms with Gasteiger partial charge in [0, 0.05) is 11.8 Å². The molecule has 0 unspecified atom stereocenters. The van der Waals surface area contributed by atoms with Crippen LogP contribution in [0.25, 0.3) is 0 Å². The molecule has 0 fully saturated rings. The van der Waals surface area contributed by atoms with E-state index in [1.165, 1.54) is 47.4 Å². The van der Waals surface area contributed by atoms with Crippen LogP contribution in [0.4, 0.5) is 27.6 Å². The molecule has 11 heteroatoms. The monoisotopic (exact) mass is 455 g/mol. The average molecular weight is 455 g/mol. The van der Waals surface area contributed by atoms with Gasteiger partial charge < -0.3 is 14.8 Å². The number of ether oxygens (including phenoxy) is 2. The molecule has 1 heterocycles. The molecule has 0 saturated heterocycles. The van der Waals surface area contributed by atoms with Crippen molar-refractivity contribution < 1.29 is 36.2 Å². The van der Waals surface area contributed by atoms with Gasteiger partial charge in [-0.1, -0.05) is 12.1 Å². The molecule has 3 aromatic rings. The Bertz CT molecular complexity index is 1080. The molecule has 1 N–H and O–H groups in total. The summed E-state index contributed by atoms with van der Waals surface area (Å²) in [6, 6.07) is 8.61. The Morgan fingerprint density at radius 3 is 2.62 bits per heavy atom. The van der Waals surface area contributed by atoms with Gasteiger partial charge >= 0.3 is 12.8 Å². The first kappa shape index (κ1) is 23.0. The summed E-state index contributed by atoms with van der Waals surface area (Å²) in [5, 5.41) is 6.62. The number of hydrogen-bond donors (Lipinski definition) is 1. The van der Waals surface area contributed by atoms with Gasteiger partial charge in [-0.25, -0.2) is 0 Å². The Hall–Kier alpha value is -3.63. The quantitative estimate of drug-likeness (QED) is 0.474. The summed E-state index contributed by atoms with van der Waals surface area (Å²) in [5.74, 6) is -0.777. The molecule has 0 bridgehead atoms. The smallest absolute Gasteiger partial charge is 0.416 e. The van der Waals surface area contributed by atoms with E-state index in [-0.39, 0.29) is 30.2 Å². The van der Waals surface area contributed by atoms with Gasteiger partial charge in [-0.05, 0) is 42.8 Å². The average Bonchev–Trinajstić information content (AvgIpc) is 3.15. The fourth-order valence-electron chi connectivity index (χ4n) is 2.86. The van der Waals surface area contributed by atoms with Crippen molar-refractivity contribution in [1.82, 2.24) is 9.78 Å². The lowest BCUT2D eigenvalue weighted by atomic mass is 10.1. The number of nitrogens with zero attached hydrogens (tertiary/aromatic N) is 2. The van der Waals surface area contributed by atoms with Crippen LogP contribution in [-0.4, -0.2) is 28.9 Å². The summed E-state index contributed by atoms with van der Waals surface area (Å²) < 4.78 is 74.6. The van der Waals surface area contributed by atoms with Crippen molar-refractivity contribution in [3.8, 4) is 11.5 Å². The maximum atomic E-state index is 12.9. The highest BCUT2D eigenvalue weighted by molar-refractivity contribution is 6.04. The Kier molecular flexibility index (Phi) is 6.96. The van der Waals surface area contributed by atoms with Gasteiger partial charge in [0.15, 0.2) is 11.5 Å². The molecule has 3 rings (SSSR count). The number of nitrogens with one attached hydrogen (secondary N) is 1. The van der Waals surface area contributed by atoms with Crippen molar-refractivity contribution in [1.29, 1.82) is 0 Å². The fraction of sp³-hybridized carbons (Fsp3) is 0.238. The minimum absolute atomic E-state index is 0.0132. The first-order valence-electron chi connectivity index (χ1n) is 9.37. The molecule has 170 valence electrons. The van der Waals surface area contributed by atoms with Gasteiger partial charge in [-0.3, -0.25) is 9.48 Å². The second kappa shape index (κ2) is 9.67. The van der Waals surface area contributed by atoms with E-state index in [4.69, 9.17) is 4.74 Å². The molecule has 0 aliphatic rings. The zero-order valence-electron chi connectivity index (χ0n) is 16.7. The Balaban J connectivity index is 1.70. The predicted molar refractivity (Wildman–Crippen MR) is 105 cm³/mol. The van der Waals surface area contributed by atoms with Gasteiger partial charge in [0.25, 0.3) is 5.91 Å². The standard InChI is InChI=1S/C21H18F5N3O3/c1-2-31-18-9-14(6-7-17(18)32-20(22)23)19(30)28-16-10-27-29(12-16)11-13-4-3-5-15(8-13)21(24,25)26/h3-10,12,20H,2,11H2,1H3,(H,28,30). The maximum Gasteiger partial charge on any atom is 0.416 e. The number of aromatic nitrogens is 2. The molecular formula is C21H18F5N3O3. The normalized spacial score (nSPS) is 11.5. The molecule has 0 aliphatic heterocycles. The zero-order chi connectivity index (χ0) is 23.3. The van der Waals surface area contributed by atoms with Gasteiger partial charge in [0.2, 0.25) is 0 Å². The van der Waals surface area contributed by atoms with E-state index in [0.29, 0.717) is 11.3 Å². The molecule has 1 amide bonds. The summed E-state index contributed by atoms with van der Waals surface area (Å²) in [7, 11) is 0. The van der Waals surface area contributed by atoms with Crippen LogP contribution in [0.15, 0.2) is 54.9 Å². The van der Waals surface area contributed by atoms with Gasteiger partial charge in [-0.15, -0.1) is 0 Å². The summed E-state index contributed by atoms with van der Waals surface area (Å²) in [6.45, 7) is -1.16. The highest BCUT2D eigenvalue weighted by Gasteiger charge is 2.30. The van der Waals surface area contributed by atoms with Crippen molar-refractivity contribution in [2.45, 2.75) is 26.3 Å². The lowest BCUT2D eigenvalue weighted by molar-refractivity contribution is -0.137. The van der Waals surface area contributed by atoms with Crippen molar-refractivity contribution in [2.75, 3.05) is 11.9 Å². The van der Waals surface area contributed by atoms with Crippen LogP contribution in [0.3, 0.4) is 0 Å². The minimum atomic E-state index is -4.45. The van der Waals surface area contributed by atoms with E-state index < -0.39 is 24.3 Å². The molecule has 0 radical (unpaired) electrons. The van der Waals surface area contributed by atoms with Gasteiger partial charge in [0.1, 0.15) is 0 Å². The van der Waals surface area contributed by atoms with E-state index in [1.54, 1.807) is 6.92 Å². The number of amides is 1. The maximum absolute atomic E-state index is 12.9. The first-order chi connectivity index (χ1) is 15.2. The van der Waals surface area contributed by atoms with Crippen molar-refractivity contribution >= 4 is 11.6 Å². The predicted octanol–water partition coefficient (Wildman–Crippen LogP) is 5.20. The second-order valence-corrected chi connectivity index (χ2v) is 6.55. The molecule has 6 nitrogen and oxygen atoms in total. The van der Waals surface area contributed by atoms with E-state index >= 15 is 0 Å². The Labute approximate surface area is 179 Å². The largest absolute Gasteiger partial charge is 0.490 e. The SMILES string of the molecule is CCOc1cc(C(=O)Nc2cnn(Cc3cccc(C(F)(F)F)c3)c2)ccc1OC(F)F. The molecule has 32 heavy (non-hydrogen) atoms. The third-order valence-electron chi connectivity index (χ3n) is 4.21. The first-order valence-corrected chi connectivity index (χ1v) is 9.37. The number of rotatable bonds is 8. The van der Waals surface area contributed by atoms with Crippen LogP contribution in [-0.2, 0) is 12.7 Å². The molecule has 2 aromatic carbocycles. The number of hydrogen-bond acceptors (Lipinski definition) is 4. The van der Waals surface area contributed by atoms with Crippen molar-refractivity contribution in [2.24, 2.45) is 0 Å². The third-order valence-corrected chi connectivity index (χ3v) is 4.21. The van der Waals surface area contributed by atoms with Crippen LogP contribution in [0.5, 0.6) is 11.5 Å². The van der Waals surface area contributed by atoms with Crippen molar-refractivity contribution in [3.05, 3.63) is 71.5 Å². The summed E-state index contributed by atoms with van der Waals surface area (Å²) in [4.78, 5) is 12.5. The van der Waals surface area contributed by atoms with Crippen LogP contribution >= 0.6 is 0 Å². The highest BCUT2D eigenvalue weighted by Crippen LogP contribution is 2.31. The van der Waals surface area contributed by atoms with E-state index in [9.17, 15) is 26.7 Å². The van der Waals surface area contributed by atoms with Crippen molar-refractivity contribution in [3.63, 3.8) is 0 Å². The van der Waals surface area contributed by atoms with Gasteiger partial charge in [-0.2, -0.15) is 27.1 Å². The molecule has 0 spiro atoms. The number of alkyl halides is 5. The zero-order valence-corrected chi connectivity index (χ0v) is 16.7. The minimum Gasteiger partial charge on any atom is -0.490 e. The third kappa shape index (κ3) is 5.96. The lowest BCUT2D eigenvalue weighted by Crippen LogP contribution is -2.12. The van der Waals surface area contributed by atoms with E-state index in [2.05, 4.69) is 15.2 Å². The number of anilines is 1. The highest BCUT2D eigenvalue weighted by atomic mass is 19.4. The summed E-state index contributed by atoms with van der Waals surface area (Å²) >= 11 is 0. The fourth-order valence-corrected chi connectivity index (χ4v) is 2.86. The molecule has 0 aliphatic carbocycles. The number of carbonyl (C=O) groups excluding carboxylic acids is 1. The topological polar surface area (TPSA) is 65.4 Å². The summed E-state index contributed by atoms with van der Waals surface area (Å²) in [5.41, 5.74) is 0.0466. The molecule has 1 aromatic heterocycles.